The zero-order valence-corrected chi connectivity index (χ0v) is 12.7. The van der Waals surface area contributed by atoms with Gasteiger partial charge in [-0.05, 0) is 30.7 Å². The molecule has 0 radical (unpaired) electrons. The molecule has 0 saturated heterocycles. The lowest BCUT2D eigenvalue weighted by molar-refractivity contribution is 0.476. The maximum atomic E-state index is 13.5. The van der Waals surface area contributed by atoms with E-state index in [2.05, 4.69) is 30.9 Å². The van der Waals surface area contributed by atoms with Gasteiger partial charge in [0.15, 0.2) is 0 Å². The Morgan fingerprint density at radius 1 is 1.10 bits per heavy atom. The second kappa shape index (κ2) is 6.72. The molecule has 2 rings (SSSR count). The zero-order chi connectivity index (χ0) is 15.3. The highest BCUT2D eigenvalue weighted by Crippen LogP contribution is 2.26. The molecule has 112 valence electrons. The van der Waals surface area contributed by atoms with Gasteiger partial charge in [-0.15, -0.1) is 0 Å². The van der Waals surface area contributed by atoms with E-state index < -0.39 is 0 Å². The Balaban J connectivity index is 2.27. The van der Waals surface area contributed by atoms with Crippen LogP contribution < -0.4 is 10.6 Å². The molecule has 1 unspecified atom stereocenters. The van der Waals surface area contributed by atoms with Gasteiger partial charge in [0.1, 0.15) is 5.82 Å². The van der Waals surface area contributed by atoms with E-state index >= 15 is 0 Å². The lowest BCUT2D eigenvalue weighted by Gasteiger charge is -2.36. The number of rotatable bonds is 6. The van der Waals surface area contributed by atoms with Crippen molar-refractivity contribution < 1.29 is 4.39 Å². The molecule has 0 aliphatic carbocycles. The Morgan fingerprint density at radius 2 is 1.81 bits per heavy atom. The minimum Gasteiger partial charge on any atom is -0.371 e. The van der Waals surface area contributed by atoms with Crippen LogP contribution in [-0.2, 0) is 5.41 Å². The van der Waals surface area contributed by atoms with Crippen LogP contribution in [0.3, 0.4) is 0 Å². The fourth-order valence-corrected chi connectivity index (χ4v) is 2.59. The van der Waals surface area contributed by atoms with Crippen molar-refractivity contribution >= 4 is 5.69 Å². The van der Waals surface area contributed by atoms with E-state index in [-0.39, 0.29) is 11.2 Å². The van der Waals surface area contributed by atoms with Crippen molar-refractivity contribution in [2.75, 3.05) is 24.5 Å². The van der Waals surface area contributed by atoms with E-state index in [9.17, 15) is 4.39 Å². The summed E-state index contributed by atoms with van der Waals surface area (Å²) in [7, 11) is 0. The number of likely N-dealkylation sites (N-methyl/N-ethyl adjacent to an activating group) is 1. The van der Waals surface area contributed by atoms with Gasteiger partial charge in [-0.2, -0.15) is 0 Å². The molecule has 0 amide bonds. The largest absolute Gasteiger partial charge is 0.371 e. The Bertz CT molecular complexity index is 570. The molecular weight excluding hydrogens is 263 g/mol. The maximum absolute atomic E-state index is 13.5. The average Bonchev–Trinajstić information content (AvgIpc) is 2.53. The molecule has 2 N–H and O–H groups in total. The van der Waals surface area contributed by atoms with Crippen LogP contribution in [0, 0.1) is 5.82 Å². The Hall–Kier alpha value is -1.87. The number of halogens is 1. The SMILES string of the molecule is CCN(CC(C)(CN)c1ccccc1)c1cccc(F)c1. The average molecular weight is 286 g/mol. The molecule has 2 aromatic rings. The third-order valence-corrected chi connectivity index (χ3v) is 4.02. The monoisotopic (exact) mass is 286 g/mol. The number of nitrogens with zero attached hydrogens (tertiary/aromatic N) is 1. The summed E-state index contributed by atoms with van der Waals surface area (Å²) in [6, 6.07) is 17.0. The summed E-state index contributed by atoms with van der Waals surface area (Å²) in [5.41, 5.74) is 7.99. The van der Waals surface area contributed by atoms with Gasteiger partial charge in [0.25, 0.3) is 0 Å². The van der Waals surface area contributed by atoms with Crippen LogP contribution in [0.25, 0.3) is 0 Å². The molecule has 0 aliphatic heterocycles. The van der Waals surface area contributed by atoms with E-state index in [1.54, 1.807) is 12.1 Å². The molecule has 0 heterocycles. The van der Waals surface area contributed by atoms with E-state index in [4.69, 9.17) is 5.73 Å². The molecule has 3 heteroatoms. The topological polar surface area (TPSA) is 29.3 Å². The smallest absolute Gasteiger partial charge is 0.125 e. The minimum atomic E-state index is -0.208. The number of hydrogen-bond donors (Lipinski definition) is 1. The number of hydrogen-bond acceptors (Lipinski definition) is 2. The Labute approximate surface area is 126 Å². The second-order valence-electron chi connectivity index (χ2n) is 5.62. The normalized spacial score (nSPS) is 13.7. The number of nitrogens with two attached hydrogens (primary N) is 1. The summed E-state index contributed by atoms with van der Waals surface area (Å²) in [4.78, 5) is 2.17. The summed E-state index contributed by atoms with van der Waals surface area (Å²) >= 11 is 0. The molecule has 2 nitrogen and oxygen atoms in total. The Kier molecular flexibility index (Phi) is 4.97. The van der Waals surface area contributed by atoms with Crippen molar-refractivity contribution in [3.63, 3.8) is 0 Å². The molecule has 1 atom stereocenters. The molecule has 0 aromatic heterocycles. The number of anilines is 1. The van der Waals surface area contributed by atoms with Crippen molar-refractivity contribution in [2.24, 2.45) is 5.73 Å². The molecule has 21 heavy (non-hydrogen) atoms. The summed E-state index contributed by atoms with van der Waals surface area (Å²) in [6.07, 6.45) is 0. The van der Waals surface area contributed by atoms with Crippen molar-refractivity contribution in [1.29, 1.82) is 0 Å². The van der Waals surface area contributed by atoms with Crippen LogP contribution in [0.15, 0.2) is 54.6 Å². The van der Waals surface area contributed by atoms with Crippen molar-refractivity contribution in [2.45, 2.75) is 19.3 Å². The maximum Gasteiger partial charge on any atom is 0.125 e. The molecule has 0 fully saturated rings. The standard InChI is InChI=1S/C18H23FN2/c1-3-21(17-11-7-10-16(19)12-17)14-18(2,13-20)15-8-5-4-6-9-15/h4-12H,3,13-14,20H2,1-2H3. The van der Waals surface area contributed by atoms with Gasteiger partial charge in [0.05, 0.1) is 0 Å². The molecule has 0 spiro atoms. The fraction of sp³-hybridized carbons (Fsp3) is 0.333. The fourth-order valence-electron chi connectivity index (χ4n) is 2.59. The molecule has 2 aromatic carbocycles. The predicted octanol–water partition coefficient (Wildman–Crippen LogP) is 3.57. The molecule has 0 bridgehead atoms. The van der Waals surface area contributed by atoms with Crippen LogP contribution in [-0.4, -0.2) is 19.6 Å². The minimum absolute atomic E-state index is 0.163. The third-order valence-electron chi connectivity index (χ3n) is 4.02. The lowest BCUT2D eigenvalue weighted by Crippen LogP contribution is -2.44. The van der Waals surface area contributed by atoms with Crippen LogP contribution >= 0.6 is 0 Å². The predicted molar refractivity (Wildman–Crippen MR) is 87.1 cm³/mol. The highest BCUT2D eigenvalue weighted by atomic mass is 19.1. The van der Waals surface area contributed by atoms with Crippen molar-refractivity contribution in [3.05, 3.63) is 66.0 Å². The zero-order valence-electron chi connectivity index (χ0n) is 12.7. The molecule has 0 saturated carbocycles. The van der Waals surface area contributed by atoms with Crippen LogP contribution in [0.5, 0.6) is 0 Å². The van der Waals surface area contributed by atoms with Gasteiger partial charge >= 0.3 is 0 Å². The quantitative estimate of drug-likeness (QED) is 0.879. The first kappa shape index (κ1) is 15.5. The van der Waals surface area contributed by atoms with Gasteiger partial charge in [0.2, 0.25) is 0 Å². The molecule has 0 aliphatic rings. The van der Waals surface area contributed by atoms with E-state index in [0.717, 1.165) is 18.8 Å². The number of benzene rings is 2. The first-order valence-electron chi connectivity index (χ1n) is 7.35. The van der Waals surface area contributed by atoms with E-state index in [1.807, 2.05) is 24.3 Å². The van der Waals surface area contributed by atoms with Crippen LogP contribution in [0.2, 0.25) is 0 Å². The highest BCUT2D eigenvalue weighted by Gasteiger charge is 2.27. The summed E-state index contributed by atoms with van der Waals surface area (Å²) < 4.78 is 13.5. The third kappa shape index (κ3) is 3.61. The van der Waals surface area contributed by atoms with E-state index in [1.165, 1.54) is 11.6 Å². The van der Waals surface area contributed by atoms with Gasteiger partial charge in [-0.1, -0.05) is 43.3 Å². The summed E-state index contributed by atoms with van der Waals surface area (Å²) in [5, 5.41) is 0. The summed E-state index contributed by atoms with van der Waals surface area (Å²) in [6.45, 7) is 6.35. The van der Waals surface area contributed by atoms with Crippen molar-refractivity contribution in [3.8, 4) is 0 Å². The summed E-state index contributed by atoms with van der Waals surface area (Å²) in [5.74, 6) is -0.208. The molecular formula is C18H23FN2. The van der Waals surface area contributed by atoms with Gasteiger partial charge < -0.3 is 10.6 Å². The Morgan fingerprint density at radius 3 is 2.38 bits per heavy atom. The van der Waals surface area contributed by atoms with Crippen LogP contribution in [0.4, 0.5) is 10.1 Å². The lowest BCUT2D eigenvalue weighted by atomic mass is 9.82. The first-order chi connectivity index (χ1) is 10.1. The van der Waals surface area contributed by atoms with Crippen LogP contribution in [0.1, 0.15) is 19.4 Å². The van der Waals surface area contributed by atoms with Gasteiger partial charge in [-0.3, -0.25) is 0 Å². The second-order valence-corrected chi connectivity index (χ2v) is 5.62. The van der Waals surface area contributed by atoms with Gasteiger partial charge in [0, 0.05) is 30.7 Å². The van der Waals surface area contributed by atoms with Crippen molar-refractivity contribution in [1.82, 2.24) is 0 Å². The first-order valence-corrected chi connectivity index (χ1v) is 7.35. The highest BCUT2D eigenvalue weighted by molar-refractivity contribution is 5.47. The van der Waals surface area contributed by atoms with Gasteiger partial charge in [-0.25, -0.2) is 4.39 Å². The van der Waals surface area contributed by atoms with E-state index in [0.29, 0.717) is 6.54 Å².